The average Bonchev–Trinajstić information content (AvgIpc) is 3.38. The van der Waals surface area contributed by atoms with Crippen LogP contribution in [0.4, 0.5) is 0 Å². The molecule has 3 aromatic rings. The number of fused-ring (bicyclic) bond motifs is 1. The van der Waals surface area contributed by atoms with Gasteiger partial charge in [-0.05, 0) is 49.5 Å². The SMILES string of the molecule is C=Cc1nn(C2CCCCO2)c2cnc(-c3cnn(C)c3OCCCO[Si](C)(C)C(C)(C)C)cc12. The molecule has 0 bridgehead atoms. The van der Waals surface area contributed by atoms with Gasteiger partial charge in [-0.25, -0.2) is 9.36 Å². The van der Waals surface area contributed by atoms with Gasteiger partial charge in [-0.15, -0.1) is 0 Å². The highest BCUT2D eigenvalue weighted by Gasteiger charge is 2.36. The lowest BCUT2D eigenvalue weighted by atomic mass is 10.1. The minimum atomic E-state index is -1.75. The highest BCUT2D eigenvalue weighted by Crippen LogP contribution is 2.37. The minimum absolute atomic E-state index is 0.0570. The van der Waals surface area contributed by atoms with Crippen LogP contribution >= 0.6 is 0 Å². The maximum absolute atomic E-state index is 6.28. The number of aryl methyl sites for hydroxylation is 1. The lowest BCUT2D eigenvalue weighted by molar-refractivity contribution is -0.0367. The van der Waals surface area contributed by atoms with Gasteiger partial charge in [0.25, 0.3) is 0 Å². The lowest BCUT2D eigenvalue weighted by Crippen LogP contribution is -2.41. The molecule has 35 heavy (non-hydrogen) atoms. The first-order chi connectivity index (χ1) is 16.6. The molecule has 0 aromatic carbocycles. The Kier molecular flexibility index (Phi) is 7.49. The summed E-state index contributed by atoms with van der Waals surface area (Å²) in [5, 5.41) is 10.4. The van der Waals surface area contributed by atoms with Crippen LogP contribution in [-0.2, 0) is 16.2 Å². The van der Waals surface area contributed by atoms with Gasteiger partial charge in [0.1, 0.15) is 0 Å². The van der Waals surface area contributed by atoms with Crippen molar-refractivity contribution >= 4 is 25.3 Å². The van der Waals surface area contributed by atoms with Crippen molar-refractivity contribution in [2.24, 2.45) is 7.05 Å². The number of pyridine rings is 1. The molecule has 0 saturated carbocycles. The molecule has 0 amide bonds. The Morgan fingerprint density at radius 3 is 2.71 bits per heavy atom. The number of hydrogen-bond donors (Lipinski definition) is 0. The molecule has 1 atom stereocenters. The van der Waals surface area contributed by atoms with E-state index in [4.69, 9.17) is 24.0 Å². The summed E-state index contributed by atoms with van der Waals surface area (Å²) in [6.07, 6.45) is 9.40. The third-order valence-electron chi connectivity index (χ3n) is 7.20. The summed E-state index contributed by atoms with van der Waals surface area (Å²) < 4.78 is 22.1. The van der Waals surface area contributed by atoms with Crippen LogP contribution in [-0.4, -0.2) is 52.7 Å². The van der Waals surface area contributed by atoms with Crippen molar-refractivity contribution in [1.82, 2.24) is 24.5 Å². The first kappa shape index (κ1) is 25.6. The molecule has 0 N–H and O–H groups in total. The van der Waals surface area contributed by atoms with Gasteiger partial charge in [0.15, 0.2) is 14.5 Å². The second-order valence-corrected chi connectivity index (χ2v) is 15.5. The molecule has 1 aliphatic heterocycles. The number of nitrogens with zero attached hydrogens (tertiary/aromatic N) is 5. The Bertz CT molecular complexity index is 1170. The number of rotatable bonds is 9. The van der Waals surface area contributed by atoms with Gasteiger partial charge in [0, 0.05) is 32.1 Å². The van der Waals surface area contributed by atoms with E-state index in [-0.39, 0.29) is 11.3 Å². The Labute approximate surface area is 209 Å². The molecule has 9 heteroatoms. The summed E-state index contributed by atoms with van der Waals surface area (Å²) in [4.78, 5) is 4.75. The number of aromatic nitrogens is 5. The Morgan fingerprint density at radius 1 is 1.23 bits per heavy atom. The van der Waals surface area contributed by atoms with Gasteiger partial charge < -0.3 is 13.9 Å². The fourth-order valence-corrected chi connectivity index (χ4v) is 5.13. The fourth-order valence-electron chi connectivity index (χ4n) is 4.04. The van der Waals surface area contributed by atoms with E-state index < -0.39 is 8.32 Å². The first-order valence-electron chi connectivity index (χ1n) is 12.5. The van der Waals surface area contributed by atoms with Crippen LogP contribution in [0.5, 0.6) is 5.88 Å². The standard InChI is InChI=1S/C26H39N5O3Si/c1-8-21-19-16-22(27-18-23(19)31(29-21)24-12-9-10-13-32-24)20-17-28-30(5)25(20)33-14-11-15-34-35(6,7)26(2,3)4/h8,16-18,24H,1,9-15H2,2-7H3. The van der Waals surface area contributed by atoms with Gasteiger partial charge in [0.05, 0.1) is 41.5 Å². The quantitative estimate of drug-likeness (QED) is 0.268. The average molecular weight is 498 g/mol. The highest BCUT2D eigenvalue weighted by molar-refractivity contribution is 6.74. The number of hydrogen-bond acceptors (Lipinski definition) is 6. The van der Waals surface area contributed by atoms with E-state index in [1.54, 1.807) is 17.0 Å². The van der Waals surface area contributed by atoms with Crippen molar-refractivity contribution in [2.75, 3.05) is 19.8 Å². The van der Waals surface area contributed by atoms with Gasteiger partial charge in [0.2, 0.25) is 5.88 Å². The Hall–Kier alpha value is -2.49. The van der Waals surface area contributed by atoms with Crippen molar-refractivity contribution in [3.05, 3.63) is 30.7 Å². The van der Waals surface area contributed by atoms with Gasteiger partial charge in [-0.1, -0.05) is 27.4 Å². The molecular formula is C26H39N5O3Si. The molecule has 1 unspecified atom stereocenters. The monoisotopic (exact) mass is 497 g/mol. The Morgan fingerprint density at radius 2 is 2.03 bits per heavy atom. The van der Waals surface area contributed by atoms with E-state index in [1.807, 2.05) is 24.0 Å². The molecule has 0 radical (unpaired) electrons. The zero-order chi connectivity index (χ0) is 25.2. The molecule has 190 valence electrons. The van der Waals surface area contributed by atoms with E-state index in [0.29, 0.717) is 19.1 Å². The molecular weight excluding hydrogens is 458 g/mol. The third kappa shape index (κ3) is 5.36. The van der Waals surface area contributed by atoms with Crippen LogP contribution in [0.1, 0.15) is 58.4 Å². The maximum atomic E-state index is 6.28. The normalized spacial score (nSPS) is 17.1. The summed E-state index contributed by atoms with van der Waals surface area (Å²) in [7, 11) is 0.136. The zero-order valence-electron chi connectivity index (χ0n) is 22.0. The molecule has 1 saturated heterocycles. The molecule has 8 nitrogen and oxygen atoms in total. The van der Waals surface area contributed by atoms with Crippen LogP contribution in [0.3, 0.4) is 0 Å². The third-order valence-corrected chi connectivity index (χ3v) is 11.7. The van der Waals surface area contributed by atoms with Crippen molar-refractivity contribution in [3.8, 4) is 17.1 Å². The molecule has 4 heterocycles. The predicted molar refractivity (Wildman–Crippen MR) is 142 cm³/mol. The smallest absolute Gasteiger partial charge is 0.221 e. The molecule has 0 aliphatic carbocycles. The summed E-state index contributed by atoms with van der Waals surface area (Å²) in [6, 6.07) is 2.04. The summed E-state index contributed by atoms with van der Waals surface area (Å²) in [5.41, 5.74) is 3.43. The van der Waals surface area contributed by atoms with Gasteiger partial charge >= 0.3 is 0 Å². The second kappa shape index (κ2) is 10.2. The Balaban J connectivity index is 1.50. The number of ether oxygens (including phenoxy) is 2. The van der Waals surface area contributed by atoms with E-state index >= 15 is 0 Å². The highest BCUT2D eigenvalue weighted by atomic mass is 28.4. The first-order valence-corrected chi connectivity index (χ1v) is 15.4. The van der Waals surface area contributed by atoms with Crippen molar-refractivity contribution in [1.29, 1.82) is 0 Å². The summed E-state index contributed by atoms with van der Waals surface area (Å²) >= 11 is 0. The van der Waals surface area contributed by atoms with Gasteiger partial charge in [-0.2, -0.15) is 10.2 Å². The van der Waals surface area contributed by atoms with Crippen LogP contribution < -0.4 is 4.74 Å². The summed E-state index contributed by atoms with van der Waals surface area (Å²) in [6.45, 7) is 17.3. The fraction of sp³-hybridized carbons (Fsp3) is 0.577. The van der Waals surface area contributed by atoms with Crippen molar-refractivity contribution in [2.45, 2.75) is 70.8 Å². The summed E-state index contributed by atoms with van der Waals surface area (Å²) in [5.74, 6) is 0.701. The molecule has 1 aliphatic rings. The van der Waals surface area contributed by atoms with E-state index in [2.05, 4.69) is 45.5 Å². The molecule has 1 fully saturated rings. The van der Waals surface area contributed by atoms with Crippen LogP contribution in [0, 0.1) is 0 Å². The molecule has 4 rings (SSSR count). The van der Waals surface area contributed by atoms with Crippen LogP contribution in [0.2, 0.25) is 18.1 Å². The topological polar surface area (TPSA) is 76.2 Å². The van der Waals surface area contributed by atoms with Crippen LogP contribution in [0.15, 0.2) is 25.0 Å². The van der Waals surface area contributed by atoms with E-state index in [9.17, 15) is 0 Å². The van der Waals surface area contributed by atoms with Gasteiger partial charge in [-0.3, -0.25) is 4.98 Å². The largest absolute Gasteiger partial charge is 0.477 e. The lowest BCUT2D eigenvalue weighted by Gasteiger charge is -2.36. The van der Waals surface area contributed by atoms with E-state index in [1.165, 1.54) is 0 Å². The molecule has 0 spiro atoms. The second-order valence-electron chi connectivity index (χ2n) is 10.7. The van der Waals surface area contributed by atoms with Crippen LogP contribution in [0.25, 0.3) is 28.2 Å². The van der Waals surface area contributed by atoms with Crippen molar-refractivity contribution in [3.63, 3.8) is 0 Å². The van der Waals surface area contributed by atoms with Crippen molar-refractivity contribution < 1.29 is 13.9 Å². The maximum Gasteiger partial charge on any atom is 0.221 e. The molecule has 3 aromatic heterocycles. The zero-order valence-corrected chi connectivity index (χ0v) is 23.0. The van der Waals surface area contributed by atoms with E-state index in [0.717, 1.165) is 60.1 Å². The minimum Gasteiger partial charge on any atom is -0.477 e. The predicted octanol–water partition coefficient (Wildman–Crippen LogP) is 5.96.